The SMILES string of the molecule is COc1ccc(C(O)Cc2cccc(Cl)c2Cl)cc1Cl. The molecule has 2 rings (SSSR count). The van der Waals surface area contributed by atoms with E-state index in [2.05, 4.69) is 0 Å². The van der Waals surface area contributed by atoms with E-state index in [9.17, 15) is 5.11 Å². The second kappa shape index (κ2) is 6.68. The fourth-order valence-electron chi connectivity index (χ4n) is 1.92. The number of methoxy groups -OCH3 is 1. The monoisotopic (exact) mass is 330 g/mol. The number of benzene rings is 2. The van der Waals surface area contributed by atoms with E-state index < -0.39 is 6.10 Å². The van der Waals surface area contributed by atoms with Crippen LogP contribution in [0.2, 0.25) is 15.1 Å². The van der Waals surface area contributed by atoms with E-state index in [1.165, 1.54) is 0 Å². The Balaban J connectivity index is 2.21. The first-order chi connectivity index (χ1) is 9.52. The summed E-state index contributed by atoms with van der Waals surface area (Å²) in [6.07, 6.45) is -0.350. The van der Waals surface area contributed by atoms with Crippen LogP contribution in [0, 0.1) is 0 Å². The first kappa shape index (κ1) is 15.5. The average molecular weight is 332 g/mol. The molecule has 2 aromatic carbocycles. The molecule has 2 nitrogen and oxygen atoms in total. The summed E-state index contributed by atoms with van der Waals surface area (Å²) < 4.78 is 5.08. The standard InChI is InChI=1S/C15H13Cl3O2/c1-20-14-6-5-9(7-12(14)17)13(19)8-10-3-2-4-11(16)15(10)18/h2-7,13,19H,8H2,1H3. The van der Waals surface area contributed by atoms with E-state index >= 15 is 0 Å². The summed E-state index contributed by atoms with van der Waals surface area (Å²) in [6, 6.07) is 10.5. The van der Waals surface area contributed by atoms with Gasteiger partial charge in [0, 0.05) is 6.42 Å². The molecule has 1 unspecified atom stereocenters. The third-order valence-electron chi connectivity index (χ3n) is 3.01. The molecule has 0 aliphatic heterocycles. The van der Waals surface area contributed by atoms with Crippen molar-refractivity contribution in [3.8, 4) is 5.75 Å². The molecule has 0 radical (unpaired) electrons. The lowest BCUT2D eigenvalue weighted by Crippen LogP contribution is -2.02. The molecule has 20 heavy (non-hydrogen) atoms. The Morgan fingerprint density at radius 1 is 1.10 bits per heavy atom. The minimum atomic E-state index is -0.714. The predicted molar refractivity (Wildman–Crippen MR) is 83.1 cm³/mol. The molecule has 106 valence electrons. The molecular weight excluding hydrogens is 319 g/mol. The van der Waals surface area contributed by atoms with Gasteiger partial charge in [0.15, 0.2) is 0 Å². The molecule has 0 saturated heterocycles. The van der Waals surface area contributed by atoms with Crippen LogP contribution in [0.25, 0.3) is 0 Å². The highest BCUT2D eigenvalue weighted by Crippen LogP contribution is 2.32. The largest absolute Gasteiger partial charge is 0.495 e. The Labute approximate surface area is 132 Å². The number of hydrogen-bond acceptors (Lipinski definition) is 2. The van der Waals surface area contributed by atoms with Crippen molar-refractivity contribution < 1.29 is 9.84 Å². The number of ether oxygens (including phenoxy) is 1. The maximum Gasteiger partial charge on any atom is 0.137 e. The average Bonchev–Trinajstić information content (AvgIpc) is 2.43. The van der Waals surface area contributed by atoms with Gasteiger partial charge >= 0.3 is 0 Å². The molecule has 0 aromatic heterocycles. The smallest absolute Gasteiger partial charge is 0.137 e. The second-order valence-electron chi connectivity index (χ2n) is 4.33. The minimum absolute atomic E-state index is 0.363. The number of halogens is 3. The van der Waals surface area contributed by atoms with Crippen LogP contribution in [0.1, 0.15) is 17.2 Å². The number of rotatable bonds is 4. The summed E-state index contributed by atoms with van der Waals surface area (Å²) in [5, 5.41) is 11.7. The van der Waals surface area contributed by atoms with Crippen molar-refractivity contribution >= 4 is 34.8 Å². The highest BCUT2D eigenvalue weighted by Gasteiger charge is 2.14. The first-order valence-corrected chi connectivity index (χ1v) is 7.10. The van der Waals surface area contributed by atoms with Crippen LogP contribution in [0.5, 0.6) is 5.75 Å². The van der Waals surface area contributed by atoms with Crippen molar-refractivity contribution in [3.63, 3.8) is 0 Å². The Bertz CT molecular complexity index is 614. The van der Waals surface area contributed by atoms with Gasteiger partial charge in [0.2, 0.25) is 0 Å². The van der Waals surface area contributed by atoms with E-state index in [-0.39, 0.29) is 0 Å². The van der Waals surface area contributed by atoms with Crippen LogP contribution in [0.15, 0.2) is 36.4 Å². The van der Waals surface area contributed by atoms with Crippen LogP contribution in [0.3, 0.4) is 0 Å². The topological polar surface area (TPSA) is 29.5 Å². The van der Waals surface area contributed by atoms with Gasteiger partial charge in [-0.25, -0.2) is 0 Å². The van der Waals surface area contributed by atoms with Gasteiger partial charge in [-0.05, 0) is 29.3 Å². The normalized spacial score (nSPS) is 12.2. The van der Waals surface area contributed by atoms with Gasteiger partial charge in [0.1, 0.15) is 5.75 Å². The van der Waals surface area contributed by atoms with E-state index in [0.29, 0.717) is 32.8 Å². The maximum atomic E-state index is 10.3. The highest BCUT2D eigenvalue weighted by molar-refractivity contribution is 6.42. The predicted octanol–water partition coefficient (Wildman–Crippen LogP) is 4.93. The minimum Gasteiger partial charge on any atom is -0.495 e. The molecule has 2 aromatic rings. The number of aliphatic hydroxyl groups is 1. The fraction of sp³-hybridized carbons (Fsp3) is 0.200. The summed E-state index contributed by atoms with van der Waals surface area (Å²) in [6.45, 7) is 0. The lowest BCUT2D eigenvalue weighted by atomic mass is 10.0. The summed E-state index contributed by atoms with van der Waals surface area (Å²) >= 11 is 18.1. The van der Waals surface area contributed by atoms with E-state index in [0.717, 1.165) is 5.56 Å². The lowest BCUT2D eigenvalue weighted by molar-refractivity contribution is 0.178. The molecule has 1 atom stereocenters. The number of aliphatic hydroxyl groups excluding tert-OH is 1. The van der Waals surface area contributed by atoms with Crippen LogP contribution in [-0.4, -0.2) is 12.2 Å². The van der Waals surface area contributed by atoms with Gasteiger partial charge in [-0.1, -0.05) is 53.0 Å². The van der Waals surface area contributed by atoms with Gasteiger partial charge in [0.05, 0.1) is 28.3 Å². The Hall–Kier alpha value is -0.930. The van der Waals surface area contributed by atoms with Gasteiger partial charge in [-0.3, -0.25) is 0 Å². The van der Waals surface area contributed by atoms with Crippen molar-refractivity contribution in [2.45, 2.75) is 12.5 Å². The Morgan fingerprint density at radius 3 is 2.50 bits per heavy atom. The highest BCUT2D eigenvalue weighted by atomic mass is 35.5. The third kappa shape index (κ3) is 3.39. The van der Waals surface area contributed by atoms with Crippen molar-refractivity contribution in [2.24, 2.45) is 0 Å². The molecule has 1 N–H and O–H groups in total. The van der Waals surface area contributed by atoms with E-state index in [1.54, 1.807) is 37.4 Å². The molecule has 0 amide bonds. The Kier molecular flexibility index (Phi) is 5.17. The first-order valence-electron chi connectivity index (χ1n) is 5.97. The number of hydrogen-bond donors (Lipinski definition) is 1. The molecule has 0 saturated carbocycles. The van der Waals surface area contributed by atoms with Gasteiger partial charge in [-0.15, -0.1) is 0 Å². The van der Waals surface area contributed by atoms with Crippen LogP contribution in [0.4, 0.5) is 0 Å². The summed E-state index contributed by atoms with van der Waals surface area (Å²) in [7, 11) is 1.54. The molecule has 0 bridgehead atoms. The van der Waals surface area contributed by atoms with Crippen molar-refractivity contribution in [3.05, 3.63) is 62.6 Å². The van der Waals surface area contributed by atoms with Crippen molar-refractivity contribution in [1.82, 2.24) is 0 Å². The molecule has 0 fully saturated rings. The molecular formula is C15H13Cl3O2. The van der Waals surface area contributed by atoms with Crippen LogP contribution >= 0.6 is 34.8 Å². The molecule has 0 aliphatic carbocycles. The third-order valence-corrected chi connectivity index (χ3v) is 4.16. The lowest BCUT2D eigenvalue weighted by Gasteiger charge is -2.14. The Morgan fingerprint density at radius 2 is 1.85 bits per heavy atom. The second-order valence-corrected chi connectivity index (χ2v) is 5.52. The molecule has 5 heteroatoms. The van der Waals surface area contributed by atoms with Gasteiger partial charge < -0.3 is 9.84 Å². The van der Waals surface area contributed by atoms with Gasteiger partial charge in [-0.2, -0.15) is 0 Å². The zero-order chi connectivity index (χ0) is 14.7. The quantitative estimate of drug-likeness (QED) is 0.860. The van der Waals surface area contributed by atoms with Crippen LogP contribution < -0.4 is 4.74 Å². The maximum absolute atomic E-state index is 10.3. The molecule has 0 heterocycles. The fourth-order valence-corrected chi connectivity index (χ4v) is 2.59. The van der Waals surface area contributed by atoms with E-state index in [1.807, 2.05) is 6.07 Å². The van der Waals surface area contributed by atoms with E-state index in [4.69, 9.17) is 39.5 Å². The molecule has 0 aliphatic rings. The van der Waals surface area contributed by atoms with Crippen molar-refractivity contribution in [1.29, 1.82) is 0 Å². The summed E-state index contributed by atoms with van der Waals surface area (Å²) in [4.78, 5) is 0. The summed E-state index contributed by atoms with van der Waals surface area (Å²) in [5.41, 5.74) is 1.49. The van der Waals surface area contributed by atoms with Crippen molar-refractivity contribution in [2.75, 3.05) is 7.11 Å². The zero-order valence-electron chi connectivity index (χ0n) is 10.7. The summed E-state index contributed by atoms with van der Waals surface area (Å²) in [5.74, 6) is 0.573. The molecule has 0 spiro atoms. The zero-order valence-corrected chi connectivity index (χ0v) is 13.0. The van der Waals surface area contributed by atoms with Crippen LogP contribution in [-0.2, 0) is 6.42 Å². The van der Waals surface area contributed by atoms with Gasteiger partial charge in [0.25, 0.3) is 0 Å².